The van der Waals surface area contributed by atoms with Gasteiger partial charge in [0.2, 0.25) is 0 Å². The summed E-state index contributed by atoms with van der Waals surface area (Å²) in [5, 5.41) is 3.84. The lowest BCUT2D eigenvalue weighted by molar-refractivity contribution is 0.105. The van der Waals surface area contributed by atoms with E-state index in [2.05, 4.69) is 19.2 Å². The van der Waals surface area contributed by atoms with Crippen molar-refractivity contribution >= 4 is 0 Å². The topological polar surface area (TPSA) is 21.3 Å². The molecule has 16 heavy (non-hydrogen) atoms. The Labute approximate surface area is 100 Å². The molecule has 2 fully saturated rings. The van der Waals surface area contributed by atoms with E-state index < -0.39 is 0 Å². The Balaban J connectivity index is 1.71. The maximum Gasteiger partial charge on any atom is 0.0586 e. The van der Waals surface area contributed by atoms with Crippen LogP contribution in [0.25, 0.3) is 0 Å². The average molecular weight is 225 g/mol. The van der Waals surface area contributed by atoms with Crippen molar-refractivity contribution in [2.45, 2.75) is 77.0 Å². The molecule has 0 saturated heterocycles. The van der Waals surface area contributed by atoms with E-state index in [9.17, 15) is 0 Å². The molecule has 0 amide bonds. The van der Waals surface area contributed by atoms with Crippen molar-refractivity contribution in [2.24, 2.45) is 5.41 Å². The van der Waals surface area contributed by atoms with Crippen molar-refractivity contribution in [3.8, 4) is 0 Å². The molecule has 2 heteroatoms. The third kappa shape index (κ3) is 3.21. The van der Waals surface area contributed by atoms with Crippen LogP contribution in [0.3, 0.4) is 0 Å². The number of rotatable bonds is 3. The minimum Gasteiger partial charge on any atom is -0.381 e. The minimum atomic E-state index is 0.512. The van der Waals surface area contributed by atoms with Crippen LogP contribution in [0.4, 0.5) is 0 Å². The van der Waals surface area contributed by atoms with Crippen LogP contribution in [0.15, 0.2) is 0 Å². The Bertz CT molecular complexity index is 217. The summed E-state index contributed by atoms with van der Waals surface area (Å²) in [7, 11) is 1.84. The largest absolute Gasteiger partial charge is 0.381 e. The van der Waals surface area contributed by atoms with E-state index in [0.29, 0.717) is 11.5 Å². The highest BCUT2D eigenvalue weighted by Crippen LogP contribution is 2.35. The second-order valence-corrected chi connectivity index (χ2v) is 6.47. The van der Waals surface area contributed by atoms with Crippen LogP contribution < -0.4 is 5.32 Å². The van der Waals surface area contributed by atoms with E-state index in [4.69, 9.17) is 4.74 Å². The summed E-state index contributed by atoms with van der Waals surface area (Å²) in [6.07, 6.45) is 9.76. The smallest absolute Gasteiger partial charge is 0.0586 e. The predicted octanol–water partition coefficient (Wildman–Crippen LogP) is 3.11. The Kier molecular flexibility index (Phi) is 3.91. The maximum atomic E-state index is 5.42. The van der Waals surface area contributed by atoms with Crippen molar-refractivity contribution in [3.05, 3.63) is 0 Å². The molecule has 2 unspecified atom stereocenters. The molecule has 1 N–H and O–H groups in total. The second kappa shape index (κ2) is 5.05. The fraction of sp³-hybridized carbons (Fsp3) is 1.00. The summed E-state index contributed by atoms with van der Waals surface area (Å²) in [6, 6.07) is 1.49. The second-order valence-electron chi connectivity index (χ2n) is 6.47. The molecule has 2 nitrogen and oxygen atoms in total. The summed E-state index contributed by atoms with van der Waals surface area (Å²) in [6.45, 7) is 4.81. The molecule has 0 heterocycles. The van der Waals surface area contributed by atoms with E-state index in [-0.39, 0.29) is 0 Å². The molecule has 0 radical (unpaired) electrons. The molecule has 0 aliphatic heterocycles. The molecule has 0 spiro atoms. The van der Waals surface area contributed by atoms with Crippen molar-refractivity contribution in [1.82, 2.24) is 5.32 Å². The van der Waals surface area contributed by atoms with Crippen LogP contribution >= 0.6 is 0 Å². The molecular formula is C14H27NO. The van der Waals surface area contributed by atoms with Crippen LogP contribution in [-0.2, 0) is 4.74 Å². The summed E-state index contributed by atoms with van der Waals surface area (Å²) in [4.78, 5) is 0. The quantitative estimate of drug-likeness (QED) is 0.797. The van der Waals surface area contributed by atoms with Gasteiger partial charge in [-0.25, -0.2) is 0 Å². The molecule has 2 atom stereocenters. The molecule has 2 saturated carbocycles. The lowest BCUT2D eigenvalue weighted by Crippen LogP contribution is -2.40. The number of hydrogen-bond acceptors (Lipinski definition) is 2. The third-order valence-corrected chi connectivity index (χ3v) is 4.53. The lowest BCUT2D eigenvalue weighted by atomic mass is 9.75. The molecular weight excluding hydrogens is 198 g/mol. The van der Waals surface area contributed by atoms with E-state index in [1.807, 2.05) is 7.11 Å². The van der Waals surface area contributed by atoms with E-state index in [1.165, 1.54) is 44.9 Å². The van der Waals surface area contributed by atoms with Crippen molar-refractivity contribution in [2.75, 3.05) is 7.11 Å². The van der Waals surface area contributed by atoms with Gasteiger partial charge >= 0.3 is 0 Å². The van der Waals surface area contributed by atoms with Crippen LogP contribution in [0.2, 0.25) is 0 Å². The summed E-state index contributed by atoms with van der Waals surface area (Å²) >= 11 is 0. The Morgan fingerprint density at radius 3 is 2.25 bits per heavy atom. The normalized spacial score (nSPS) is 35.4. The fourth-order valence-electron chi connectivity index (χ4n) is 3.20. The SMILES string of the molecule is COC1CCC(NC2CCC(C)(C)CC2)C1. The summed E-state index contributed by atoms with van der Waals surface area (Å²) < 4.78 is 5.42. The van der Waals surface area contributed by atoms with Gasteiger partial charge < -0.3 is 10.1 Å². The number of nitrogens with one attached hydrogen (secondary N) is 1. The van der Waals surface area contributed by atoms with E-state index in [1.54, 1.807) is 0 Å². The highest BCUT2D eigenvalue weighted by molar-refractivity contribution is 4.87. The van der Waals surface area contributed by atoms with Crippen molar-refractivity contribution in [1.29, 1.82) is 0 Å². The number of methoxy groups -OCH3 is 1. The van der Waals surface area contributed by atoms with Crippen molar-refractivity contribution < 1.29 is 4.74 Å². The minimum absolute atomic E-state index is 0.512. The van der Waals surface area contributed by atoms with Gasteiger partial charge in [-0.15, -0.1) is 0 Å². The van der Waals surface area contributed by atoms with Gasteiger partial charge in [-0.05, 0) is 50.4 Å². The molecule has 0 bridgehead atoms. The molecule has 2 rings (SSSR count). The molecule has 2 aliphatic rings. The monoisotopic (exact) mass is 225 g/mol. The van der Waals surface area contributed by atoms with E-state index in [0.717, 1.165) is 12.1 Å². The first-order valence-electron chi connectivity index (χ1n) is 6.88. The van der Waals surface area contributed by atoms with Crippen molar-refractivity contribution in [3.63, 3.8) is 0 Å². The van der Waals surface area contributed by atoms with Gasteiger partial charge in [-0.1, -0.05) is 13.8 Å². The van der Waals surface area contributed by atoms with Gasteiger partial charge in [-0.3, -0.25) is 0 Å². The van der Waals surface area contributed by atoms with Crippen LogP contribution in [0.1, 0.15) is 58.8 Å². The summed E-state index contributed by atoms with van der Waals surface area (Å²) in [5.74, 6) is 0. The first-order chi connectivity index (χ1) is 7.59. The molecule has 0 aromatic heterocycles. The zero-order valence-electron chi connectivity index (χ0n) is 11.1. The van der Waals surface area contributed by atoms with Gasteiger partial charge in [0.1, 0.15) is 0 Å². The average Bonchev–Trinajstić information content (AvgIpc) is 2.69. The van der Waals surface area contributed by atoms with Gasteiger partial charge in [0.05, 0.1) is 6.10 Å². The van der Waals surface area contributed by atoms with Gasteiger partial charge in [-0.2, -0.15) is 0 Å². The Morgan fingerprint density at radius 1 is 1.00 bits per heavy atom. The zero-order chi connectivity index (χ0) is 11.6. The Hall–Kier alpha value is -0.0800. The van der Waals surface area contributed by atoms with Gasteiger partial charge in [0.25, 0.3) is 0 Å². The van der Waals surface area contributed by atoms with Crippen LogP contribution in [0, 0.1) is 5.41 Å². The van der Waals surface area contributed by atoms with Crippen LogP contribution in [0.5, 0.6) is 0 Å². The fourth-order valence-corrected chi connectivity index (χ4v) is 3.20. The first kappa shape index (κ1) is 12.4. The van der Waals surface area contributed by atoms with Gasteiger partial charge in [0.15, 0.2) is 0 Å². The standard InChI is InChI=1S/C14H27NO/c1-14(2)8-6-11(7-9-14)15-12-4-5-13(10-12)16-3/h11-13,15H,4-10H2,1-3H3. The first-order valence-corrected chi connectivity index (χ1v) is 6.88. The predicted molar refractivity (Wildman–Crippen MR) is 67.6 cm³/mol. The van der Waals surface area contributed by atoms with E-state index >= 15 is 0 Å². The number of hydrogen-bond donors (Lipinski definition) is 1. The number of ether oxygens (including phenoxy) is 1. The summed E-state index contributed by atoms with van der Waals surface area (Å²) in [5.41, 5.74) is 0.586. The maximum absolute atomic E-state index is 5.42. The third-order valence-electron chi connectivity index (χ3n) is 4.53. The lowest BCUT2D eigenvalue weighted by Gasteiger charge is -2.36. The molecule has 0 aromatic rings. The molecule has 2 aliphatic carbocycles. The Morgan fingerprint density at radius 2 is 1.69 bits per heavy atom. The van der Waals surface area contributed by atoms with Crippen LogP contribution in [-0.4, -0.2) is 25.3 Å². The highest BCUT2D eigenvalue weighted by Gasteiger charge is 2.30. The molecule has 94 valence electrons. The highest BCUT2D eigenvalue weighted by atomic mass is 16.5. The zero-order valence-corrected chi connectivity index (χ0v) is 11.1. The molecule has 0 aromatic carbocycles. The van der Waals surface area contributed by atoms with Gasteiger partial charge in [0, 0.05) is 19.2 Å².